The molecule has 5 rings (SSSR count). The van der Waals surface area contributed by atoms with Crippen molar-refractivity contribution in [2.75, 3.05) is 45.2 Å². The molecule has 0 unspecified atom stereocenters. The lowest BCUT2D eigenvalue weighted by Crippen LogP contribution is -2.54. The minimum absolute atomic E-state index is 0.0566. The number of ether oxygens (including phenoxy) is 2. The van der Waals surface area contributed by atoms with Crippen molar-refractivity contribution in [3.05, 3.63) is 59.2 Å². The molecule has 2 saturated heterocycles. The van der Waals surface area contributed by atoms with Gasteiger partial charge in [-0.25, -0.2) is 0 Å². The van der Waals surface area contributed by atoms with Crippen LogP contribution in [0.25, 0.3) is 0 Å². The number of amides is 3. The van der Waals surface area contributed by atoms with Crippen molar-refractivity contribution in [2.45, 2.75) is 56.5 Å². The van der Waals surface area contributed by atoms with E-state index in [-0.39, 0.29) is 53.8 Å². The number of hydrogen-bond acceptors (Lipinski definition) is 6. The molecule has 0 spiro atoms. The van der Waals surface area contributed by atoms with Crippen LogP contribution in [0.4, 0.5) is 18.9 Å². The minimum atomic E-state index is -4.58. The molecule has 0 saturated carbocycles. The Morgan fingerprint density at radius 2 is 1.86 bits per heavy atom. The van der Waals surface area contributed by atoms with Crippen molar-refractivity contribution in [2.24, 2.45) is 0 Å². The van der Waals surface area contributed by atoms with Gasteiger partial charge in [-0.3, -0.25) is 14.4 Å². The standard InChI is InChI=1S/C30H35F3N4O5/c1-36-24-9-8-22(17-27(38)34-11-14-37-12-2-3-13-37)42-26(24)18-41-25-10-7-21(16-23(25)29(36)40)35-28(39)19-5-4-6-20(15-19)30(31,32)33/h4-7,10,15-16,22,24,26H,2-3,8-9,11-14,17-18H2,1H3,(H,34,38)(H,35,39)/t22-,24+,26+/m1/s1. The Balaban J connectivity index is 1.20. The second kappa shape index (κ2) is 12.7. The topological polar surface area (TPSA) is 100 Å². The number of carbonyl (C=O) groups excluding carboxylic acids is 3. The Kier molecular flexibility index (Phi) is 9.02. The molecule has 2 aromatic rings. The fourth-order valence-corrected chi connectivity index (χ4v) is 5.78. The molecule has 2 aromatic carbocycles. The van der Waals surface area contributed by atoms with Crippen LogP contribution in [0.3, 0.4) is 0 Å². The third-order valence-corrected chi connectivity index (χ3v) is 8.08. The van der Waals surface area contributed by atoms with Crippen LogP contribution in [0.15, 0.2) is 42.5 Å². The van der Waals surface area contributed by atoms with Crippen LogP contribution in [0.1, 0.15) is 58.4 Å². The summed E-state index contributed by atoms with van der Waals surface area (Å²) in [5.74, 6) is -0.830. The molecule has 3 aliphatic heterocycles. The molecule has 3 heterocycles. The highest BCUT2D eigenvalue weighted by molar-refractivity contribution is 6.05. The third kappa shape index (κ3) is 7.04. The molecule has 42 heavy (non-hydrogen) atoms. The van der Waals surface area contributed by atoms with E-state index in [2.05, 4.69) is 15.5 Å². The van der Waals surface area contributed by atoms with Crippen LogP contribution in [0, 0.1) is 0 Å². The monoisotopic (exact) mass is 588 g/mol. The smallest absolute Gasteiger partial charge is 0.416 e. The van der Waals surface area contributed by atoms with E-state index in [1.54, 1.807) is 11.9 Å². The van der Waals surface area contributed by atoms with Crippen LogP contribution < -0.4 is 15.4 Å². The number of hydrogen-bond donors (Lipinski definition) is 2. The highest BCUT2D eigenvalue weighted by Gasteiger charge is 2.39. The molecular formula is C30H35F3N4O5. The number of rotatable bonds is 7. The normalized spacial score (nSPS) is 22.8. The molecule has 2 fully saturated rings. The van der Waals surface area contributed by atoms with Gasteiger partial charge in [0.05, 0.1) is 29.7 Å². The zero-order valence-electron chi connectivity index (χ0n) is 23.4. The predicted molar refractivity (Wildman–Crippen MR) is 148 cm³/mol. The second-order valence-corrected chi connectivity index (χ2v) is 11.0. The molecule has 2 N–H and O–H groups in total. The van der Waals surface area contributed by atoms with Gasteiger partial charge >= 0.3 is 6.18 Å². The number of benzene rings is 2. The maximum absolute atomic E-state index is 13.5. The molecule has 0 bridgehead atoms. The van der Waals surface area contributed by atoms with Gasteiger partial charge in [-0.15, -0.1) is 0 Å². The Morgan fingerprint density at radius 1 is 1.07 bits per heavy atom. The summed E-state index contributed by atoms with van der Waals surface area (Å²) in [7, 11) is 1.68. The Labute approximate surface area is 242 Å². The zero-order chi connectivity index (χ0) is 29.9. The number of fused-ring (bicyclic) bond motifs is 2. The summed E-state index contributed by atoms with van der Waals surface area (Å²) in [6.45, 7) is 3.78. The Hall–Kier alpha value is -3.64. The van der Waals surface area contributed by atoms with Crippen LogP contribution in [0.2, 0.25) is 0 Å². The number of alkyl halides is 3. The first-order valence-corrected chi connectivity index (χ1v) is 14.3. The molecule has 3 amide bonds. The van der Waals surface area contributed by atoms with E-state index in [4.69, 9.17) is 9.47 Å². The van der Waals surface area contributed by atoms with Crippen LogP contribution in [-0.2, 0) is 15.7 Å². The van der Waals surface area contributed by atoms with Gasteiger partial charge in [0.15, 0.2) is 0 Å². The number of likely N-dealkylation sites (tertiary alicyclic amines) is 1. The second-order valence-electron chi connectivity index (χ2n) is 11.0. The first-order chi connectivity index (χ1) is 20.1. The van der Waals surface area contributed by atoms with Crippen molar-refractivity contribution in [1.82, 2.24) is 15.1 Å². The highest BCUT2D eigenvalue weighted by Crippen LogP contribution is 2.33. The zero-order valence-corrected chi connectivity index (χ0v) is 23.4. The molecule has 0 aromatic heterocycles. The summed E-state index contributed by atoms with van der Waals surface area (Å²) in [6.07, 6.45) is -1.39. The average Bonchev–Trinajstić information content (AvgIpc) is 3.48. The first kappa shape index (κ1) is 29.8. The van der Waals surface area contributed by atoms with Crippen LogP contribution in [-0.4, -0.2) is 85.6 Å². The van der Waals surface area contributed by atoms with E-state index in [0.717, 1.165) is 31.8 Å². The van der Waals surface area contributed by atoms with E-state index in [0.29, 0.717) is 25.1 Å². The van der Waals surface area contributed by atoms with Crippen molar-refractivity contribution >= 4 is 23.4 Å². The fourth-order valence-electron chi connectivity index (χ4n) is 5.78. The van der Waals surface area contributed by atoms with E-state index in [1.807, 2.05) is 0 Å². The highest BCUT2D eigenvalue weighted by atomic mass is 19.4. The van der Waals surface area contributed by atoms with Gasteiger partial charge in [0.1, 0.15) is 18.5 Å². The summed E-state index contributed by atoms with van der Waals surface area (Å²) in [6, 6.07) is 8.37. The lowest BCUT2D eigenvalue weighted by atomic mass is 9.94. The van der Waals surface area contributed by atoms with E-state index < -0.39 is 23.8 Å². The van der Waals surface area contributed by atoms with Gasteiger partial charge in [-0.05, 0) is 75.2 Å². The van der Waals surface area contributed by atoms with Crippen LogP contribution >= 0.6 is 0 Å². The van der Waals surface area contributed by atoms with Crippen molar-refractivity contribution in [1.29, 1.82) is 0 Å². The van der Waals surface area contributed by atoms with Gasteiger partial charge in [0, 0.05) is 31.4 Å². The molecule has 226 valence electrons. The lowest BCUT2D eigenvalue weighted by Gasteiger charge is -2.42. The minimum Gasteiger partial charge on any atom is -0.490 e. The maximum Gasteiger partial charge on any atom is 0.416 e. The average molecular weight is 589 g/mol. The van der Waals surface area contributed by atoms with Crippen molar-refractivity contribution in [3.8, 4) is 5.75 Å². The molecule has 0 radical (unpaired) electrons. The van der Waals surface area contributed by atoms with E-state index >= 15 is 0 Å². The summed E-state index contributed by atoms with van der Waals surface area (Å²) in [5.41, 5.74) is -0.622. The van der Waals surface area contributed by atoms with E-state index in [1.165, 1.54) is 43.2 Å². The van der Waals surface area contributed by atoms with Crippen molar-refractivity contribution in [3.63, 3.8) is 0 Å². The maximum atomic E-state index is 13.5. The quantitative estimate of drug-likeness (QED) is 0.509. The van der Waals surface area contributed by atoms with Gasteiger partial charge in [0.2, 0.25) is 5.91 Å². The summed E-state index contributed by atoms with van der Waals surface area (Å²) in [4.78, 5) is 42.6. The van der Waals surface area contributed by atoms with Gasteiger partial charge in [-0.1, -0.05) is 6.07 Å². The SMILES string of the molecule is CN1C(=O)c2cc(NC(=O)c3cccc(C(F)(F)F)c3)ccc2OC[C@@H]2O[C@@H](CC(=O)NCCN3CCCC3)CC[C@@H]21. The number of nitrogens with zero attached hydrogens (tertiary/aromatic N) is 2. The summed E-state index contributed by atoms with van der Waals surface area (Å²) < 4.78 is 51.4. The molecule has 3 aliphatic rings. The number of halogens is 3. The number of nitrogens with one attached hydrogen (secondary N) is 2. The molecule has 3 atom stereocenters. The van der Waals surface area contributed by atoms with Gasteiger partial charge < -0.3 is 29.9 Å². The first-order valence-electron chi connectivity index (χ1n) is 14.3. The largest absolute Gasteiger partial charge is 0.490 e. The predicted octanol–water partition coefficient (Wildman–Crippen LogP) is 3.94. The van der Waals surface area contributed by atoms with Crippen LogP contribution in [0.5, 0.6) is 5.75 Å². The molecule has 9 nitrogen and oxygen atoms in total. The Morgan fingerprint density at radius 3 is 2.62 bits per heavy atom. The van der Waals surface area contributed by atoms with E-state index in [9.17, 15) is 27.6 Å². The Bertz CT molecular complexity index is 1310. The number of carbonyl (C=O) groups is 3. The number of anilines is 1. The summed E-state index contributed by atoms with van der Waals surface area (Å²) in [5, 5.41) is 5.55. The van der Waals surface area contributed by atoms with Gasteiger partial charge in [0.25, 0.3) is 11.8 Å². The lowest BCUT2D eigenvalue weighted by molar-refractivity contribution is -0.137. The molecular weight excluding hydrogens is 553 g/mol. The molecule has 12 heteroatoms. The molecule has 0 aliphatic carbocycles. The summed E-state index contributed by atoms with van der Waals surface area (Å²) >= 11 is 0. The van der Waals surface area contributed by atoms with Gasteiger partial charge in [-0.2, -0.15) is 13.2 Å². The van der Waals surface area contributed by atoms with Crippen molar-refractivity contribution < 1.29 is 37.0 Å². The number of likely N-dealkylation sites (N-methyl/N-ethyl adjacent to an activating group) is 1. The third-order valence-electron chi connectivity index (χ3n) is 8.08. The fraction of sp³-hybridized carbons (Fsp3) is 0.500.